The van der Waals surface area contributed by atoms with Gasteiger partial charge in [0.25, 0.3) is 0 Å². The van der Waals surface area contributed by atoms with Crippen LogP contribution in [0.1, 0.15) is 31.9 Å². The molecule has 2 aromatic rings. The van der Waals surface area contributed by atoms with Crippen molar-refractivity contribution in [3.05, 3.63) is 59.7 Å². The summed E-state index contributed by atoms with van der Waals surface area (Å²) in [6.07, 6.45) is -0.149. The lowest BCUT2D eigenvalue weighted by atomic mass is 9.78. The molecule has 0 aliphatic carbocycles. The summed E-state index contributed by atoms with van der Waals surface area (Å²) in [4.78, 5) is 10.7. The Labute approximate surface area is 125 Å². The van der Waals surface area contributed by atoms with Crippen molar-refractivity contribution in [2.75, 3.05) is 6.61 Å². The zero-order valence-electron chi connectivity index (χ0n) is 12.6. The minimum atomic E-state index is -0.149. The molecule has 4 aliphatic rings. The van der Waals surface area contributed by atoms with Crippen LogP contribution in [-0.4, -0.2) is 12.7 Å². The minimum absolute atomic E-state index is 0.0741. The van der Waals surface area contributed by atoms with Crippen LogP contribution in [0.4, 0.5) is 0 Å². The van der Waals surface area contributed by atoms with Crippen molar-refractivity contribution >= 4 is 0 Å². The van der Waals surface area contributed by atoms with Gasteiger partial charge < -0.3 is 9.62 Å². The zero-order chi connectivity index (χ0) is 14.9. The Balaban J connectivity index is 2.03. The van der Waals surface area contributed by atoms with Gasteiger partial charge in [-0.15, -0.1) is 0 Å². The Kier molecular flexibility index (Phi) is 3.60. The summed E-state index contributed by atoms with van der Waals surface area (Å²) >= 11 is 0. The lowest BCUT2D eigenvalue weighted by molar-refractivity contribution is -0.245. The quantitative estimate of drug-likeness (QED) is 0.682. The van der Waals surface area contributed by atoms with E-state index in [1.165, 1.54) is 11.1 Å². The molecule has 0 N–H and O–H groups in total. The highest BCUT2D eigenvalue weighted by Crippen LogP contribution is 2.33. The van der Waals surface area contributed by atoms with Crippen LogP contribution in [0.3, 0.4) is 0 Å². The first-order valence-corrected chi connectivity index (χ1v) is 7.23. The topological polar surface area (TPSA) is 27.7 Å². The van der Waals surface area contributed by atoms with Gasteiger partial charge in [0.2, 0.25) is 0 Å². The molecular formula is C18H20O3. The normalized spacial score (nSPS) is 20.4. The van der Waals surface area contributed by atoms with Crippen LogP contribution < -0.4 is 9.62 Å². The van der Waals surface area contributed by atoms with Gasteiger partial charge in [-0.05, 0) is 42.3 Å². The van der Waals surface area contributed by atoms with E-state index >= 15 is 0 Å². The van der Waals surface area contributed by atoms with E-state index in [-0.39, 0.29) is 11.5 Å². The fraction of sp³-hybridized carbons (Fsp3) is 0.333. The monoisotopic (exact) mass is 284 g/mol. The molecule has 0 amide bonds. The van der Waals surface area contributed by atoms with Crippen LogP contribution in [0.2, 0.25) is 0 Å². The van der Waals surface area contributed by atoms with Gasteiger partial charge in [-0.1, -0.05) is 38.1 Å². The molecule has 0 fully saturated rings. The molecule has 4 heterocycles. The number of hydrogen-bond acceptors (Lipinski definition) is 3. The van der Waals surface area contributed by atoms with Gasteiger partial charge in [-0.2, -0.15) is 4.89 Å². The molecule has 0 saturated carbocycles. The van der Waals surface area contributed by atoms with Crippen LogP contribution in [0, 0.1) is 0 Å². The van der Waals surface area contributed by atoms with Crippen molar-refractivity contribution < 1.29 is 14.5 Å². The molecule has 3 heteroatoms. The lowest BCUT2D eigenvalue weighted by Crippen LogP contribution is -2.21. The van der Waals surface area contributed by atoms with E-state index in [2.05, 4.69) is 38.1 Å². The van der Waals surface area contributed by atoms with Gasteiger partial charge in [0.05, 0.1) is 0 Å². The molecule has 4 aliphatic heterocycles. The Morgan fingerprint density at radius 1 is 0.857 bits per heavy atom. The van der Waals surface area contributed by atoms with E-state index in [4.69, 9.17) is 14.5 Å². The van der Waals surface area contributed by atoms with E-state index in [1.54, 1.807) is 0 Å². The number of rotatable bonds is 0. The third-order valence-electron chi connectivity index (χ3n) is 3.95. The summed E-state index contributed by atoms with van der Waals surface area (Å²) in [6, 6.07) is 16.3. The molecule has 0 radical (unpaired) electrons. The highest BCUT2D eigenvalue weighted by atomic mass is 17.2. The molecule has 0 spiro atoms. The molecule has 1 unspecified atom stereocenters. The van der Waals surface area contributed by atoms with Crippen LogP contribution in [0.5, 0.6) is 11.5 Å². The lowest BCUT2D eigenvalue weighted by Gasteiger charge is -2.27. The largest absolute Gasteiger partial charge is 0.491 e. The highest BCUT2D eigenvalue weighted by Gasteiger charge is 2.23. The third-order valence-corrected chi connectivity index (χ3v) is 3.95. The van der Waals surface area contributed by atoms with Crippen molar-refractivity contribution in [1.29, 1.82) is 0 Å². The smallest absolute Gasteiger partial charge is 0.165 e. The predicted molar refractivity (Wildman–Crippen MR) is 81.7 cm³/mol. The van der Waals surface area contributed by atoms with E-state index in [0.717, 1.165) is 5.75 Å². The predicted octanol–water partition coefficient (Wildman–Crippen LogP) is 4.10. The average molecular weight is 284 g/mol. The molecule has 6 rings (SSSR count). The van der Waals surface area contributed by atoms with Crippen molar-refractivity contribution in [1.82, 2.24) is 0 Å². The molecule has 0 saturated heterocycles. The summed E-state index contributed by atoms with van der Waals surface area (Å²) in [5, 5.41) is 0. The summed E-state index contributed by atoms with van der Waals surface area (Å²) in [6.45, 7) is 6.78. The van der Waals surface area contributed by atoms with Gasteiger partial charge in [-0.25, -0.2) is 0 Å². The van der Waals surface area contributed by atoms with Gasteiger partial charge in [0.1, 0.15) is 18.5 Å². The first kappa shape index (κ1) is 14.0. The fourth-order valence-corrected chi connectivity index (χ4v) is 2.44. The molecule has 3 nitrogen and oxygen atoms in total. The van der Waals surface area contributed by atoms with E-state index in [0.29, 0.717) is 12.4 Å². The average Bonchev–Trinajstić information content (AvgIpc) is 2.51. The maximum absolute atomic E-state index is 5.71. The molecular weight excluding hydrogens is 264 g/mol. The van der Waals surface area contributed by atoms with E-state index < -0.39 is 0 Å². The van der Waals surface area contributed by atoms with Crippen molar-refractivity contribution in [3.63, 3.8) is 0 Å². The zero-order valence-corrected chi connectivity index (χ0v) is 12.6. The van der Waals surface area contributed by atoms with Crippen LogP contribution in [-0.2, 0) is 10.3 Å². The number of hydrogen-bond donors (Lipinski definition) is 0. The van der Waals surface area contributed by atoms with Crippen LogP contribution in [0.15, 0.2) is 48.5 Å². The highest BCUT2D eigenvalue weighted by molar-refractivity contribution is 5.41. The standard InChI is InChI=1S/C18H20O3/c1-13-12-19-16-8-4-14(5-9-16)18(2,3)15-6-10-17(11-7-15)21-20-13/h4-11,13H,12H2,1-3H3. The molecule has 4 bridgehead atoms. The second-order valence-electron chi connectivity index (χ2n) is 5.97. The Hall–Kier alpha value is -2.00. The number of benzene rings is 2. The fourth-order valence-electron chi connectivity index (χ4n) is 2.44. The summed E-state index contributed by atoms with van der Waals surface area (Å²) in [7, 11) is 0. The number of ether oxygens (including phenoxy) is 1. The van der Waals surface area contributed by atoms with Crippen molar-refractivity contribution in [2.45, 2.75) is 32.3 Å². The van der Waals surface area contributed by atoms with Crippen molar-refractivity contribution in [3.8, 4) is 11.5 Å². The molecule has 110 valence electrons. The second-order valence-corrected chi connectivity index (χ2v) is 5.97. The molecule has 1 atom stereocenters. The summed E-state index contributed by atoms with van der Waals surface area (Å²) < 4.78 is 5.71. The second kappa shape index (κ2) is 5.41. The van der Waals surface area contributed by atoms with Gasteiger partial charge in [-0.3, -0.25) is 0 Å². The Morgan fingerprint density at radius 3 is 1.95 bits per heavy atom. The van der Waals surface area contributed by atoms with E-state index in [1.807, 2.05) is 31.2 Å². The van der Waals surface area contributed by atoms with Gasteiger partial charge in [0, 0.05) is 5.41 Å². The maximum atomic E-state index is 5.71. The van der Waals surface area contributed by atoms with Crippen LogP contribution >= 0.6 is 0 Å². The molecule has 2 aromatic carbocycles. The Bertz CT molecular complexity index is 546. The Morgan fingerprint density at radius 2 is 1.38 bits per heavy atom. The molecule has 21 heavy (non-hydrogen) atoms. The first-order valence-electron chi connectivity index (χ1n) is 7.23. The van der Waals surface area contributed by atoms with Gasteiger partial charge >= 0.3 is 0 Å². The van der Waals surface area contributed by atoms with Crippen molar-refractivity contribution in [2.24, 2.45) is 0 Å². The SMILES string of the molecule is CC1COc2ccc(cc2)C(C)(C)c2ccc(cc2)OO1. The first-order chi connectivity index (χ1) is 10.1. The third kappa shape index (κ3) is 2.88. The maximum Gasteiger partial charge on any atom is 0.165 e. The summed E-state index contributed by atoms with van der Waals surface area (Å²) in [5.41, 5.74) is 2.41. The van der Waals surface area contributed by atoms with Gasteiger partial charge in [0.15, 0.2) is 5.75 Å². The summed E-state index contributed by atoms with van der Waals surface area (Å²) in [5.74, 6) is 1.54. The molecule has 0 aromatic heterocycles. The van der Waals surface area contributed by atoms with E-state index in [9.17, 15) is 0 Å². The minimum Gasteiger partial charge on any atom is -0.491 e. The van der Waals surface area contributed by atoms with Crippen LogP contribution in [0.25, 0.3) is 0 Å².